The van der Waals surface area contributed by atoms with Crippen molar-refractivity contribution < 1.29 is 14.0 Å². The third-order valence-electron chi connectivity index (χ3n) is 5.75. The summed E-state index contributed by atoms with van der Waals surface area (Å²) >= 11 is 0. The molecule has 0 aliphatic carbocycles. The molecule has 0 saturated carbocycles. The zero-order valence-electron chi connectivity index (χ0n) is 18.1. The summed E-state index contributed by atoms with van der Waals surface area (Å²) in [4.78, 5) is 38.0. The Hall–Kier alpha value is -3.61. The second-order valence-corrected chi connectivity index (χ2v) is 8.11. The van der Waals surface area contributed by atoms with Crippen molar-refractivity contribution in [1.82, 2.24) is 20.1 Å². The van der Waals surface area contributed by atoms with Crippen LogP contribution in [0.1, 0.15) is 38.0 Å². The van der Waals surface area contributed by atoms with Gasteiger partial charge in [-0.15, -0.1) is 0 Å². The summed E-state index contributed by atoms with van der Waals surface area (Å²) in [5.41, 5.74) is 2.01. The van der Waals surface area contributed by atoms with E-state index in [0.717, 1.165) is 38.8 Å². The number of fused-ring (bicyclic) bond motifs is 1. The summed E-state index contributed by atoms with van der Waals surface area (Å²) < 4.78 is 5.49. The third-order valence-corrected chi connectivity index (χ3v) is 5.75. The van der Waals surface area contributed by atoms with E-state index >= 15 is 0 Å². The fourth-order valence-corrected chi connectivity index (χ4v) is 4.15. The van der Waals surface area contributed by atoms with Crippen LogP contribution in [0.25, 0.3) is 11.1 Å². The number of oxazole rings is 1. The minimum absolute atomic E-state index is 0.00909. The quantitative estimate of drug-likeness (QED) is 0.324. The Kier molecular flexibility index (Phi) is 6.54. The lowest BCUT2D eigenvalue weighted by Crippen LogP contribution is -2.45. The van der Waals surface area contributed by atoms with Crippen LogP contribution in [-0.4, -0.2) is 64.8 Å². The van der Waals surface area contributed by atoms with Crippen molar-refractivity contribution in [2.24, 2.45) is 4.99 Å². The molecule has 32 heavy (non-hydrogen) atoms. The third kappa shape index (κ3) is 4.99. The maximum atomic E-state index is 13.2. The Labute approximate surface area is 186 Å². The second-order valence-electron chi connectivity index (χ2n) is 8.11. The summed E-state index contributed by atoms with van der Waals surface area (Å²) in [6, 6.07) is 4.70. The lowest BCUT2D eigenvalue weighted by molar-refractivity contribution is -0.140. The van der Waals surface area contributed by atoms with Crippen LogP contribution in [-0.2, 0) is 9.59 Å². The predicted molar refractivity (Wildman–Crippen MR) is 119 cm³/mol. The molecule has 2 aliphatic rings. The first-order valence-corrected chi connectivity index (χ1v) is 11.0. The molecule has 168 valence electrons. The van der Waals surface area contributed by atoms with Gasteiger partial charge in [0.05, 0.1) is 6.54 Å². The number of rotatable bonds is 4. The maximum Gasteiger partial charge on any atom is 0.247 e. The molecule has 10 nitrogen and oxygen atoms in total. The van der Waals surface area contributed by atoms with Crippen LogP contribution < -0.4 is 10.6 Å². The fraction of sp³-hybridized carbons (Fsp3) is 0.500. The standard InChI is InChI=1S/C22H27N7O3/c1-15-25-18-12-16(7-8-19(18)32-15)26-22(24-14-23)27-17-6-2-3-11-29(21(17)31)13-20(30)28-9-4-5-10-28/h7-8,12,17H,2-6,9-11,13H2,1H3,(H2,24,26,27)/t17-/m0/s1. The average molecular weight is 438 g/mol. The largest absolute Gasteiger partial charge is 0.441 e. The van der Waals surface area contributed by atoms with Crippen molar-refractivity contribution in [3.63, 3.8) is 0 Å². The van der Waals surface area contributed by atoms with E-state index in [1.54, 1.807) is 30.0 Å². The monoisotopic (exact) mass is 437 g/mol. The highest BCUT2D eigenvalue weighted by atomic mass is 16.3. The molecule has 2 aliphatic heterocycles. The number of hydrogen-bond donors (Lipinski definition) is 2. The van der Waals surface area contributed by atoms with Crippen LogP contribution >= 0.6 is 0 Å². The minimum Gasteiger partial charge on any atom is -0.441 e. The Balaban J connectivity index is 1.49. The Morgan fingerprint density at radius 1 is 1.28 bits per heavy atom. The van der Waals surface area contributed by atoms with Gasteiger partial charge < -0.3 is 19.5 Å². The first-order valence-electron chi connectivity index (χ1n) is 11.0. The molecule has 2 saturated heterocycles. The van der Waals surface area contributed by atoms with E-state index in [0.29, 0.717) is 35.6 Å². The van der Waals surface area contributed by atoms with Crippen LogP contribution in [0.4, 0.5) is 5.69 Å². The van der Waals surface area contributed by atoms with Gasteiger partial charge in [0.2, 0.25) is 17.8 Å². The number of aliphatic imine (C=N–C) groups is 1. The van der Waals surface area contributed by atoms with Gasteiger partial charge in [0.1, 0.15) is 11.6 Å². The second kappa shape index (κ2) is 9.68. The first kappa shape index (κ1) is 21.6. The highest BCUT2D eigenvalue weighted by Gasteiger charge is 2.30. The normalized spacial score (nSPS) is 19.7. The number of nitriles is 1. The number of likely N-dealkylation sites (tertiary alicyclic amines) is 2. The molecule has 0 spiro atoms. The number of carbonyl (C=O) groups excluding carboxylic acids is 2. The number of nitrogens with zero attached hydrogens (tertiary/aromatic N) is 5. The van der Waals surface area contributed by atoms with E-state index in [9.17, 15) is 14.9 Å². The molecule has 0 radical (unpaired) electrons. The van der Waals surface area contributed by atoms with E-state index in [-0.39, 0.29) is 24.3 Å². The van der Waals surface area contributed by atoms with Crippen molar-refractivity contribution in [1.29, 1.82) is 5.26 Å². The van der Waals surface area contributed by atoms with E-state index in [1.807, 2.05) is 11.1 Å². The van der Waals surface area contributed by atoms with Crippen LogP contribution in [0.3, 0.4) is 0 Å². The van der Waals surface area contributed by atoms with Crippen molar-refractivity contribution in [3.8, 4) is 6.19 Å². The van der Waals surface area contributed by atoms with Crippen LogP contribution in [0, 0.1) is 18.4 Å². The zero-order valence-corrected chi connectivity index (χ0v) is 18.1. The molecular formula is C22H27N7O3. The van der Waals surface area contributed by atoms with Gasteiger partial charge in [-0.1, -0.05) is 0 Å². The Morgan fingerprint density at radius 2 is 2.06 bits per heavy atom. The van der Waals surface area contributed by atoms with Crippen LogP contribution in [0.15, 0.2) is 27.6 Å². The number of hydrogen-bond acceptors (Lipinski definition) is 6. The predicted octanol–water partition coefficient (Wildman–Crippen LogP) is 1.98. The Bertz CT molecular complexity index is 1070. The van der Waals surface area contributed by atoms with Gasteiger partial charge in [0, 0.05) is 32.2 Å². The highest BCUT2D eigenvalue weighted by Crippen LogP contribution is 2.20. The molecule has 0 bridgehead atoms. The number of benzene rings is 1. The molecule has 3 heterocycles. The van der Waals surface area contributed by atoms with Gasteiger partial charge in [-0.2, -0.15) is 5.26 Å². The number of aryl methyl sites for hydroxylation is 1. The average Bonchev–Trinajstić information content (AvgIpc) is 3.39. The number of anilines is 1. The van der Waals surface area contributed by atoms with E-state index in [4.69, 9.17) is 4.42 Å². The van der Waals surface area contributed by atoms with E-state index in [1.165, 1.54) is 0 Å². The topological polar surface area (TPSA) is 127 Å². The molecule has 2 amide bonds. The molecule has 4 rings (SSSR count). The van der Waals surface area contributed by atoms with Crippen molar-refractivity contribution in [2.45, 2.75) is 45.1 Å². The number of carbonyl (C=O) groups is 2. The molecule has 2 fully saturated rings. The summed E-state index contributed by atoms with van der Waals surface area (Å²) in [5, 5.41) is 14.8. The maximum absolute atomic E-state index is 13.2. The van der Waals surface area contributed by atoms with Crippen molar-refractivity contribution in [3.05, 3.63) is 24.1 Å². The summed E-state index contributed by atoms with van der Waals surface area (Å²) in [7, 11) is 0. The molecule has 1 aromatic heterocycles. The molecule has 2 N–H and O–H groups in total. The number of aromatic nitrogens is 1. The van der Waals surface area contributed by atoms with Gasteiger partial charge in [-0.3, -0.25) is 14.9 Å². The molecule has 1 atom stereocenters. The number of nitrogens with one attached hydrogen (secondary N) is 2. The fourth-order valence-electron chi connectivity index (χ4n) is 4.15. The van der Waals surface area contributed by atoms with Crippen molar-refractivity contribution >= 4 is 34.6 Å². The molecular weight excluding hydrogens is 410 g/mol. The van der Waals surface area contributed by atoms with Gasteiger partial charge in [-0.05, 0) is 50.3 Å². The van der Waals surface area contributed by atoms with Crippen molar-refractivity contribution in [2.75, 3.05) is 31.5 Å². The van der Waals surface area contributed by atoms with Crippen LogP contribution in [0.2, 0.25) is 0 Å². The van der Waals surface area contributed by atoms with Gasteiger partial charge in [0.15, 0.2) is 17.7 Å². The Morgan fingerprint density at radius 3 is 2.84 bits per heavy atom. The number of amides is 2. The lowest BCUT2D eigenvalue weighted by atomic mass is 10.1. The molecule has 2 aromatic rings. The molecule has 10 heteroatoms. The van der Waals surface area contributed by atoms with E-state index in [2.05, 4.69) is 20.6 Å². The molecule has 0 unspecified atom stereocenters. The summed E-state index contributed by atoms with van der Waals surface area (Å²) in [6.07, 6.45) is 6.10. The van der Waals surface area contributed by atoms with Gasteiger partial charge >= 0.3 is 0 Å². The number of guanidine groups is 1. The zero-order chi connectivity index (χ0) is 22.5. The van der Waals surface area contributed by atoms with E-state index < -0.39 is 6.04 Å². The SMILES string of the molecule is Cc1nc2cc(NC(=N[C@H]3CCCCN(CC(=O)N4CCCC4)C3=O)NC#N)ccc2o1. The first-order chi connectivity index (χ1) is 15.5. The van der Waals surface area contributed by atoms with Crippen LogP contribution in [0.5, 0.6) is 0 Å². The minimum atomic E-state index is -0.662. The summed E-state index contributed by atoms with van der Waals surface area (Å²) in [5.74, 6) is 0.550. The smallest absolute Gasteiger partial charge is 0.247 e. The lowest BCUT2D eigenvalue weighted by Gasteiger charge is -2.25. The van der Waals surface area contributed by atoms with Gasteiger partial charge in [0.25, 0.3) is 0 Å². The molecule has 1 aromatic carbocycles. The highest BCUT2D eigenvalue weighted by molar-refractivity contribution is 5.98. The van der Waals surface area contributed by atoms with Gasteiger partial charge in [-0.25, -0.2) is 9.98 Å². The summed E-state index contributed by atoms with van der Waals surface area (Å²) in [6.45, 7) is 3.92.